The van der Waals surface area contributed by atoms with Crippen LogP contribution in [-0.2, 0) is 6.42 Å². The highest BCUT2D eigenvalue weighted by atomic mass is 19.1. The topological polar surface area (TPSA) is 35.0 Å². The van der Waals surface area contributed by atoms with Gasteiger partial charge in [-0.2, -0.15) is 0 Å². The van der Waals surface area contributed by atoms with E-state index in [1.165, 1.54) is 0 Å². The summed E-state index contributed by atoms with van der Waals surface area (Å²) < 4.78 is 18.2. The Kier molecular flexibility index (Phi) is 3.32. The highest BCUT2D eigenvalue weighted by Gasteiger charge is 2.11. The van der Waals surface area contributed by atoms with Gasteiger partial charge in [0.1, 0.15) is 5.75 Å². The fourth-order valence-corrected chi connectivity index (χ4v) is 1.73. The molecule has 1 aromatic heterocycles. The average molecular weight is 232 g/mol. The summed E-state index contributed by atoms with van der Waals surface area (Å²) in [6.07, 6.45) is 3.17. The molecular formula is C13H13FN2O. The van der Waals surface area contributed by atoms with Crippen molar-refractivity contribution < 1.29 is 9.13 Å². The van der Waals surface area contributed by atoms with Gasteiger partial charge in [-0.05, 0) is 18.1 Å². The minimum Gasteiger partial charge on any atom is -0.496 e. The molecule has 0 aliphatic rings. The normalized spacial score (nSPS) is 10.3. The van der Waals surface area contributed by atoms with Gasteiger partial charge < -0.3 is 4.74 Å². The summed E-state index contributed by atoms with van der Waals surface area (Å²) in [5.41, 5.74) is 1.87. The van der Waals surface area contributed by atoms with E-state index in [1.807, 2.05) is 25.1 Å². The molecule has 2 aromatic rings. The lowest BCUT2D eigenvalue weighted by molar-refractivity contribution is 0.411. The van der Waals surface area contributed by atoms with Gasteiger partial charge >= 0.3 is 0 Å². The maximum atomic E-state index is 12.8. The molecule has 17 heavy (non-hydrogen) atoms. The number of methoxy groups -OCH3 is 1. The van der Waals surface area contributed by atoms with Crippen molar-refractivity contribution >= 4 is 0 Å². The van der Waals surface area contributed by atoms with E-state index in [2.05, 4.69) is 9.97 Å². The standard InChI is InChI=1S/C13H13FN2O/c1-3-9-5-4-6-11(12(9)17-2)13-15-7-10(14)8-16-13/h4-8H,3H2,1-2H3. The van der Waals surface area contributed by atoms with Gasteiger partial charge in [0, 0.05) is 0 Å². The molecule has 0 amide bonds. The Bertz CT molecular complexity index is 511. The number of hydrogen-bond donors (Lipinski definition) is 0. The largest absolute Gasteiger partial charge is 0.496 e. The summed E-state index contributed by atoms with van der Waals surface area (Å²) >= 11 is 0. The molecule has 2 rings (SSSR count). The average Bonchev–Trinajstić information content (AvgIpc) is 2.38. The van der Waals surface area contributed by atoms with Crippen LogP contribution in [0.5, 0.6) is 5.75 Å². The van der Waals surface area contributed by atoms with Crippen LogP contribution in [0.15, 0.2) is 30.6 Å². The SMILES string of the molecule is CCc1cccc(-c2ncc(F)cn2)c1OC. The van der Waals surface area contributed by atoms with E-state index >= 15 is 0 Å². The first-order chi connectivity index (χ1) is 8.26. The van der Waals surface area contributed by atoms with Crippen LogP contribution >= 0.6 is 0 Å². The second kappa shape index (κ2) is 4.91. The minimum absolute atomic E-state index is 0.445. The predicted octanol–water partition coefficient (Wildman–Crippen LogP) is 2.85. The monoisotopic (exact) mass is 232 g/mol. The first-order valence-corrected chi connectivity index (χ1v) is 5.40. The minimum atomic E-state index is -0.445. The third-order valence-corrected chi connectivity index (χ3v) is 2.54. The molecule has 0 atom stereocenters. The third-order valence-electron chi connectivity index (χ3n) is 2.54. The van der Waals surface area contributed by atoms with Crippen LogP contribution in [0.25, 0.3) is 11.4 Å². The molecule has 0 fully saturated rings. The zero-order valence-corrected chi connectivity index (χ0v) is 9.77. The Labute approximate surface area is 99.3 Å². The van der Waals surface area contributed by atoms with Crippen molar-refractivity contribution in [1.29, 1.82) is 0 Å². The maximum Gasteiger partial charge on any atom is 0.163 e. The quantitative estimate of drug-likeness (QED) is 0.816. The van der Waals surface area contributed by atoms with E-state index in [0.29, 0.717) is 5.82 Å². The third kappa shape index (κ3) is 2.25. The summed E-state index contributed by atoms with van der Waals surface area (Å²) in [6, 6.07) is 5.78. The van der Waals surface area contributed by atoms with Crippen molar-refractivity contribution in [3.8, 4) is 17.1 Å². The molecule has 3 nitrogen and oxygen atoms in total. The molecule has 0 saturated carbocycles. The Balaban J connectivity index is 2.54. The van der Waals surface area contributed by atoms with Crippen molar-refractivity contribution in [2.75, 3.05) is 7.11 Å². The van der Waals surface area contributed by atoms with Gasteiger partial charge in [-0.3, -0.25) is 0 Å². The number of para-hydroxylation sites is 1. The summed E-state index contributed by atoms with van der Waals surface area (Å²) in [5, 5.41) is 0. The van der Waals surface area contributed by atoms with E-state index in [4.69, 9.17) is 4.74 Å². The molecule has 1 aromatic carbocycles. The Morgan fingerprint density at radius 1 is 1.24 bits per heavy atom. The van der Waals surface area contributed by atoms with E-state index in [1.54, 1.807) is 7.11 Å². The van der Waals surface area contributed by atoms with Gasteiger partial charge in [-0.1, -0.05) is 19.1 Å². The lowest BCUT2D eigenvalue weighted by atomic mass is 10.1. The smallest absolute Gasteiger partial charge is 0.163 e. The van der Waals surface area contributed by atoms with Gasteiger partial charge in [-0.15, -0.1) is 0 Å². The van der Waals surface area contributed by atoms with Crippen LogP contribution < -0.4 is 4.74 Å². The Morgan fingerprint density at radius 3 is 2.53 bits per heavy atom. The second-order valence-corrected chi connectivity index (χ2v) is 3.58. The first-order valence-electron chi connectivity index (χ1n) is 5.40. The van der Waals surface area contributed by atoms with Crippen molar-refractivity contribution in [3.05, 3.63) is 42.0 Å². The molecule has 0 bridgehead atoms. The van der Waals surface area contributed by atoms with Gasteiger partial charge in [0.2, 0.25) is 0 Å². The zero-order valence-electron chi connectivity index (χ0n) is 9.77. The van der Waals surface area contributed by atoms with E-state index in [0.717, 1.165) is 35.7 Å². The zero-order chi connectivity index (χ0) is 12.3. The molecule has 0 unspecified atom stereocenters. The summed E-state index contributed by atoms with van der Waals surface area (Å²) in [6.45, 7) is 2.05. The highest BCUT2D eigenvalue weighted by Crippen LogP contribution is 2.30. The van der Waals surface area contributed by atoms with Crippen LogP contribution in [0, 0.1) is 5.82 Å². The number of nitrogens with zero attached hydrogens (tertiary/aromatic N) is 2. The van der Waals surface area contributed by atoms with Crippen LogP contribution in [0.2, 0.25) is 0 Å². The number of rotatable bonds is 3. The van der Waals surface area contributed by atoms with Crippen LogP contribution in [0.3, 0.4) is 0 Å². The molecule has 1 heterocycles. The maximum absolute atomic E-state index is 12.8. The molecule has 0 spiro atoms. The number of benzene rings is 1. The number of halogens is 1. The number of ether oxygens (including phenoxy) is 1. The Morgan fingerprint density at radius 2 is 1.94 bits per heavy atom. The molecule has 0 radical (unpaired) electrons. The lowest BCUT2D eigenvalue weighted by Gasteiger charge is -2.11. The fraction of sp³-hybridized carbons (Fsp3) is 0.231. The molecule has 0 aliphatic carbocycles. The summed E-state index contributed by atoms with van der Waals surface area (Å²) in [5.74, 6) is 0.777. The van der Waals surface area contributed by atoms with Crippen LogP contribution in [-0.4, -0.2) is 17.1 Å². The van der Waals surface area contributed by atoms with Gasteiger partial charge in [0.05, 0.1) is 25.1 Å². The Hall–Kier alpha value is -1.97. The van der Waals surface area contributed by atoms with E-state index in [9.17, 15) is 4.39 Å². The predicted molar refractivity (Wildman–Crippen MR) is 63.4 cm³/mol. The highest BCUT2D eigenvalue weighted by molar-refractivity contribution is 5.66. The molecule has 0 N–H and O–H groups in total. The number of aryl methyl sites for hydroxylation is 1. The summed E-state index contributed by atoms with van der Waals surface area (Å²) in [4.78, 5) is 7.93. The fourth-order valence-electron chi connectivity index (χ4n) is 1.73. The van der Waals surface area contributed by atoms with E-state index < -0.39 is 5.82 Å². The lowest BCUT2D eigenvalue weighted by Crippen LogP contribution is -1.97. The summed E-state index contributed by atoms with van der Waals surface area (Å²) in [7, 11) is 1.61. The molecule has 4 heteroatoms. The van der Waals surface area contributed by atoms with E-state index in [-0.39, 0.29) is 0 Å². The van der Waals surface area contributed by atoms with Crippen molar-refractivity contribution in [1.82, 2.24) is 9.97 Å². The van der Waals surface area contributed by atoms with Gasteiger partial charge in [0.25, 0.3) is 0 Å². The van der Waals surface area contributed by atoms with Crippen molar-refractivity contribution in [3.63, 3.8) is 0 Å². The molecule has 0 saturated heterocycles. The molecular weight excluding hydrogens is 219 g/mol. The second-order valence-electron chi connectivity index (χ2n) is 3.58. The van der Waals surface area contributed by atoms with Crippen molar-refractivity contribution in [2.45, 2.75) is 13.3 Å². The van der Waals surface area contributed by atoms with Gasteiger partial charge in [0.15, 0.2) is 11.6 Å². The van der Waals surface area contributed by atoms with Gasteiger partial charge in [-0.25, -0.2) is 14.4 Å². The van der Waals surface area contributed by atoms with Crippen LogP contribution in [0.4, 0.5) is 4.39 Å². The number of hydrogen-bond acceptors (Lipinski definition) is 3. The molecule has 88 valence electrons. The van der Waals surface area contributed by atoms with Crippen molar-refractivity contribution in [2.24, 2.45) is 0 Å². The first kappa shape index (κ1) is 11.5. The number of aromatic nitrogens is 2. The molecule has 0 aliphatic heterocycles. The van der Waals surface area contributed by atoms with Crippen LogP contribution in [0.1, 0.15) is 12.5 Å².